The second-order valence-corrected chi connectivity index (χ2v) is 15.0. The third-order valence-electron chi connectivity index (χ3n) is 9.90. The largest absolute Gasteiger partial charge is 0.483 e. The maximum absolute atomic E-state index is 14.1. The van der Waals surface area contributed by atoms with E-state index in [0.717, 1.165) is 33.2 Å². The van der Waals surface area contributed by atoms with Crippen molar-refractivity contribution < 1.29 is 32.3 Å². The Hall–Kier alpha value is -4.07. The van der Waals surface area contributed by atoms with Gasteiger partial charge in [-0.05, 0) is 66.6 Å². The Morgan fingerprint density at radius 1 is 0.979 bits per heavy atom. The van der Waals surface area contributed by atoms with Gasteiger partial charge in [0.05, 0.1) is 28.1 Å². The molecule has 3 fully saturated rings. The molecule has 3 heterocycles. The molecule has 0 spiro atoms. The van der Waals surface area contributed by atoms with Crippen molar-refractivity contribution in [3.05, 3.63) is 103 Å². The first-order chi connectivity index (χ1) is 23.0. The Morgan fingerprint density at radius 2 is 1.69 bits per heavy atom. The van der Waals surface area contributed by atoms with Gasteiger partial charge in [-0.2, -0.15) is 13.2 Å². The van der Waals surface area contributed by atoms with Gasteiger partial charge in [-0.1, -0.05) is 53.3 Å². The van der Waals surface area contributed by atoms with Gasteiger partial charge in [0.1, 0.15) is 5.75 Å². The van der Waals surface area contributed by atoms with Gasteiger partial charge in [0.15, 0.2) is 6.61 Å². The van der Waals surface area contributed by atoms with Crippen LogP contribution in [0.1, 0.15) is 28.3 Å². The SMILES string of the molecule is O=C(COc1ccc(Cl)cc1[C@H]1c2sc(=O)[nH]c2SC2C3CC(C4C(=O)N(c5ccccc5C(F)(F)F)C(=O)C34)C21)Nc1ccccc1. The molecule has 0 radical (unpaired) electrons. The van der Waals surface area contributed by atoms with E-state index >= 15 is 0 Å². The molecule has 2 bridgehead atoms. The third kappa shape index (κ3) is 4.97. The highest BCUT2D eigenvalue weighted by Gasteiger charge is 2.70. The van der Waals surface area contributed by atoms with Crippen LogP contribution in [-0.4, -0.2) is 34.6 Å². The molecule has 2 aliphatic carbocycles. The second-order valence-electron chi connectivity index (χ2n) is 12.4. The lowest BCUT2D eigenvalue weighted by Gasteiger charge is -2.43. The van der Waals surface area contributed by atoms with E-state index in [1.165, 1.54) is 23.9 Å². The van der Waals surface area contributed by atoms with Gasteiger partial charge in [-0.25, -0.2) is 4.90 Å². The number of para-hydroxylation sites is 2. The van der Waals surface area contributed by atoms with E-state index in [2.05, 4.69) is 10.3 Å². The minimum atomic E-state index is -4.76. The Kier molecular flexibility index (Phi) is 7.49. The van der Waals surface area contributed by atoms with Crippen molar-refractivity contribution in [2.75, 3.05) is 16.8 Å². The number of nitrogens with one attached hydrogen (secondary N) is 2. The average Bonchev–Trinajstić information content (AvgIpc) is 3.79. The van der Waals surface area contributed by atoms with Crippen molar-refractivity contribution in [1.82, 2.24) is 4.98 Å². The van der Waals surface area contributed by atoms with E-state index in [1.54, 1.807) is 42.5 Å². The maximum Gasteiger partial charge on any atom is 0.418 e. The van der Waals surface area contributed by atoms with Crippen molar-refractivity contribution in [1.29, 1.82) is 0 Å². The Labute approximate surface area is 284 Å². The van der Waals surface area contributed by atoms with Gasteiger partial charge in [0.2, 0.25) is 11.8 Å². The van der Waals surface area contributed by atoms with E-state index in [-0.39, 0.29) is 40.4 Å². The lowest BCUT2D eigenvalue weighted by molar-refractivity contribution is -0.137. The molecule has 3 amide bonds. The molecule has 1 aromatic heterocycles. The highest BCUT2D eigenvalue weighted by atomic mass is 35.5. The summed E-state index contributed by atoms with van der Waals surface area (Å²) in [5.41, 5.74) is -0.262. The zero-order valence-corrected chi connectivity index (χ0v) is 27.1. The molecular formula is C34H25ClF3N3O5S2. The first-order valence-electron chi connectivity index (χ1n) is 15.2. The first kappa shape index (κ1) is 31.2. The summed E-state index contributed by atoms with van der Waals surface area (Å²) in [6.45, 7) is -0.313. The van der Waals surface area contributed by atoms with E-state index in [1.807, 2.05) is 6.07 Å². The van der Waals surface area contributed by atoms with Gasteiger partial charge < -0.3 is 15.0 Å². The molecule has 246 valence electrons. The summed E-state index contributed by atoms with van der Waals surface area (Å²) in [6.07, 6.45) is -4.22. The number of carbonyl (C=O) groups is 3. The smallest absolute Gasteiger partial charge is 0.418 e. The number of hydrogen-bond acceptors (Lipinski definition) is 7. The molecule has 8 rings (SSSR count). The standard InChI is InChI=1S/C34H25ClF3N3O5S2/c35-15-10-11-22(46-14-23(42)39-16-6-2-1-3-7-16)17(12-15)24-25-18-13-19(28(25)47-30-29(24)48-33(45)40-30)27-26(18)31(43)41(32(27)44)21-9-5-4-8-20(21)34(36,37)38/h1-12,18-19,24-28H,13-14H2,(H,39,42)(H,40,45)/t18?,19?,24-,25?,26?,27?,28?/m1/s1. The monoisotopic (exact) mass is 711 g/mol. The fraction of sp³-hybridized carbons (Fsp3) is 0.294. The predicted molar refractivity (Wildman–Crippen MR) is 174 cm³/mol. The molecule has 7 atom stereocenters. The molecule has 2 aliphatic heterocycles. The molecule has 1 saturated heterocycles. The van der Waals surface area contributed by atoms with Crippen LogP contribution in [0.5, 0.6) is 5.75 Å². The van der Waals surface area contributed by atoms with Gasteiger partial charge >= 0.3 is 11.0 Å². The van der Waals surface area contributed by atoms with Gasteiger partial charge in [0.25, 0.3) is 5.91 Å². The summed E-state index contributed by atoms with van der Waals surface area (Å²) in [6, 6.07) is 18.6. The van der Waals surface area contributed by atoms with Crippen molar-refractivity contribution in [3.8, 4) is 5.75 Å². The van der Waals surface area contributed by atoms with Gasteiger partial charge in [0, 0.05) is 32.3 Å². The Bertz CT molecular complexity index is 2040. The topological polar surface area (TPSA) is 109 Å². The first-order valence-corrected chi connectivity index (χ1v) is 17.3. The number of aromatic nitrogens is 1. The molecule has 4 aromatic rings. The van der Waals surface area contributed by atoms with Crippen LogP contribution in [0.3, 0.4) is 0 Å². The third-order valence-corrected chi connectivity index (χ3v) is 12.7. The van der Waals surface area contributed by atoms with Crippen LogP contribution in [0, 0.1) is 29.6 Å². The average molecular weight is 712 g/mol. The molecule has 3 aromatic carbocycles. The van der Waals surface area contributed by atoms with Gasteiger partial charge in [-0.15, -0.1) is 11.8 Å². The Morgan fingerprint density at radius 3 is 2.44 bits per heavy atom. The van der Waals surface area contributed by atoms with Crippen LogP contribution in [-0.2, 0) is 20.6 Å². The number of imide groups is 1. The summed E-state index contributed by atoms with van der Waals surface area (Å²) in [4.78, 5) is 57.6. The highest BCUT2D eigenvalue weighted by molar-refractivity contribution is 8.00. The molecule has 48 heavy (non-hydrogen) atoms. The van der Waals surface area contributed by atoms with Crippen LogP contribution >= 0.6 is 34.7 Å². The zero-order chi connectivity index (χ0) is 33.5. The quantitative estimate of drug-likeness (QED) is 0.213. The molecule has 2 N–H and O–H groups in total. The Balaban J connectivity index is 1.16. The number of hydrogen-bond donors (Lipinski definition) is 2. The fourth-order valence-corrected chi connectivity index (χ4v) is 11.3. The van der Waals surface area contributed by atoms with Crippen molar-refractivity contribution in [3.63, 3.8) is 0 Å². The molecule has 14 heteroatoms. The van der Waals surface area contributed by atoms with Gasteiger partial charge in [-0.3, -0.25) is 19.2 Å². The van der Waals surface area contributed by atoms with Crippen molar-refractivity contribution in [2.24, 2.45) is 29.6 Å². The van der Waals surface area contributed by atoms with Crippen LogP contribution in [0.4, 0.5) is 24.5 Å². The number of nitrogens with zero attached hydrogens (tertiary/aromatic N) is 1. The number of aromatic amines is 1. The minimum absolute atomic E-state index is 0.221. The summed E-state index contributed by atoms with van der Waals surface area (Å²) in [5, 5.41) is 3.60. The number of ether oxygens (including phenoxy) is 1. The van der Waals surface area contributed by atoms with E-state index in [4.69, 9.17) is 16.3 Å². The summed E-state index contributed by atoms with van der Waals surface area (Å²) >= 11 is 9.02. The second kappa shape index (κ2) is 11.5. The van der Waals surface area contributed by atoms with Crippen LogP contribution in [0.25, 0.3) is 0 Å². The molecular weight excluding hydrogens is 687 g/mol. The lowest BCUT2D eigenvalue weighted by atomic mass is 9.68. The summed E-state index contributed by atoms with van der Waals surface area (Å²) < 4.78 is 48.1. The number of fused-ring (bicyclic) bond motifs is 9. The number of carbonyl (C=O) groups excluding carboxylic acids is 3. The number of alkyl halides is 3. The number of anilines is 2. The predicted octanol–water partition coefficient (Wildman–Crippen LogP) is 6.80. The maximum atomic E-state index is 14.1. The number of benzene rings is 3. The lowest BCUT2D eigenvalue weighted by Crippen LogP contribution is -2.42. The number of H-pyrrole nitrogens is 1. The number of rotatable bonds is 6. The normalized spacial score (nSPS) is 27.1. The number of thioether (sulfide) groups is 1. The highest BCUT2D eigenvalue weighted by Crippen LogP contribution is 2.69. The van der Waals surface area contributed by atoms with E-state index in [9.17, 15) is 32.3 Å². The minimum Gasteiger partial charge on any atom is -0.483 e. The van der Waals surface area contributed by atoms with Crippen molar-refractivity contribution in [2.45, 2.75) is 28.8 Å². The number of halogens is 4. The number of amides is 3. The summed E-state index contributed by atoms with van der Waals surface area (Å²) in [7, 11) is 0. The zero-order valence-electron chi connectivity index (χ0n) is 24.7. The molecule has 2 saturated carbocycles. The molecule has 6 unspecified atom stereocenters. The van der Waals surface area contributed by atoms with Crippen LogP contribution in [0.2, 0.25) is 5.02 Å². The van der Waals surface area contributed by atoms with E-state index < -0.39 is 47.0 Å². The van der Waals surface area contributed by atoms with E-state index in [0.29, 0.717) is 33.5 Å². The van der Waals surface area contributed by atoms with Crippen molar-refractivity contribution >= 4 is 63.8 Å². The van der Waals surface area contributed by atoms with Crippen LogP contribution in [0.15, 0.2) is 82.6 Å². The molecule has 8 nitrogen and oxygen atoms in total. The fourth-order valence-electron chi connectivity index (χ4n) is 8.27. The molecule has 4 aliphatic rings. The summed E-state index contributed by atoms with van der Waals surface area (Å²) in [5.74, 6) is -4.29. The van der Waals surface area contributed by atoms with Crippen LogP contribution < -0.4 is 19.8 Å². The number of thiazole rings is 1.